The molecule has 0 saturated heterocycles. The molecule has 0 unspecified atom stereocenters. The summed E-state index contributed by atoms with van der Waals surface area (Å²) >= 11 is 0. The zero-order chi connectivity index (χ0) is 12.0. The first-order valence-electron chi connectivity index (χ1n) is 4.78. The fraction of sp³-hybridized carbons (Fsp3) is 0.125. The quantitative estimate of drug-likeness (QED) is 0.498. The molecule has 0 aliphatic carbocycles. The maximum atomic E-state index is 11.6. The van der Waals surface area contributed by atoms with Crippen molar-refractivity contribution in [3.8, 4) is 11.6 Å². The van der Waals surface area contributed by atoms with Crippen LogP contribution in [0.3, 0.4) is 0 Å². The molecule has 3 rings (SSSR count). The first-order chi connectivity index (χ1) is 8.13. The number of rotatable bonds is 1. The Labute approximate surface area is 93.7 Å². The van der Waals surface area contributed by atoms with Crippen molar-refractivity contribution in [1.82, 2.24) is 34.8 Å². The van der Waals surface area contributed by atoms with E-state index >= 15 is 0 Å². The van der Waals surface area contributed by atoms with Crippen molar-refractivity contribution in [2.24, 2.45) is 0 Å². The molecule has 9 heteroatoms. The van der Waals surface area contributed by atoms with E-state index < -0.39 is 0 Å². The summed E-state index contributed by atoms with van der Waals surface area (Å²) in [6.07, 6.45) is 0. The number of nitrogens with one attached hydrogen (secondary N) is 2. The molecule has 0 fully saturated rings. The molecule has 0 aliphatic rings. The molecule has 0 atom stereocenters. The van der Waals surface area contributed by atoms with Gasteiger partial charge in [0.25, 0.3) is 11.3 Å². The van der Waals surface area contributed by atoms with E-state index in [1.165, 1.54) is 10.6 Å². The Hall–Kier alpha value is -2.71. The minimum absolute atomic E-state index is 0.108. The van der Waals surface area contributed by atoms with E-state index in [1.54, 1.807) is 6.92 Å². The van der Waals surface area contributed by atoms with Gasteiger partial charge in [-0.25, -0.2) is 4.98 Å². The number of anilines is 1. The van der Waals surface area contributed by atoms with Crippen LogP contribution in [0.4, 0.5) is 5.95 Å². The third kappa shape index (κ3) is 1.44. The molecule has 0 amide bonds. The van der Waals surface area contributed by atoms with E-state index in [0.29, 0.717) is 17.3 Å². The maximum absolute atomic E-state index is 11.6. The van der Waals surface area contributed by atoms with Crippen molar-refractivity contribution < 1.29 is 0 Å². The van der Waals surface area contributed by atoms with Crippen molar-refractivity contribution in [2.45, 2.75) is 6.92 Å². The highest BCUT2D eigenvalue weighted by atomic mass is 16.1. The number of aromatic amines is 2. The average molecular weight is 232 g/mol. The number of H-pyrrole nitrogens is 2. The van der Waals surface area contributed by atoms with Gasteiger partial charge in [-0.05, 0) is 6.92 Å². The summed E-state index contributed by atoms with van der Waals surface area (Å²) in [4.78, 5) is 23.8. The lowest BCUT2D eigenvalue weighted by atomic mass is 10.5. The summed E-state index contributed by atoms with van der Waals surface area (Å²) in [7, 11) is 0. The number of hydrogen-bond donors (Lipinski definition) is 3. The minimum atomic E-state index is -0.237. The zero-order valence-electron chi connectivity index (χ0n) is 8.80. The van der Waals surface area contributed by atoms with E-state index in [9.17, 15) is 4.79 Å². The molecule has 17 heavy (non-hydrogen) atoms. The van der Waals surface area contributed by atoms with Crippen LogP contribution in [-0.2, 0) is 0 Å². The van der Waals surface area contributed by atoms with E-state index in [0.717, 1.165) is 0 Å². The van der Waals surface area contributed by atoms with Gasteiger partial charge in [0.1, 0.15) is 0 Å². The third-order valence-corrected chi connectivity index (χ3v) is 2.19. The van der Waals surface area contributed by atoms with Crippen LogP contribution in [-0.4, -0.2) is 34.8 Å². The van der Waals surface area contributed by atoms with Crippen LogP contribution in [0, 0.1) is 6.92 Å². The van der Waals surface area contributed by atoms with E-state index in [2.05, 4.69) is 30.2 Å². The highest BCUT2D eigenvalue weighted by Crippen LogP contribution is 2.09. The smallest absolute Gasteiger partial charge is 0.274 e. The SMILES string of the molecule is Cc1cc(=O)n2[nH]c(-c3nc(N)n[nH]3)nc2n1. The first kappa shape index (κ1) is 9.51. The standard InChI is InChI=1S/C8H8N8O/c1-3-2-4(17)16-8(10-3)12-6(15-16)5-11-7(9)14-13-5/h2H,1H3,(H,10,12,15)(H3,9,11,13,14). The predicted molar refractivity (Wildman–Crippen MR) is 58.1 cm³/mol. The summed E-state index contributed by atoms with van der Waals surface area (Å²) in [6.45, 7) is 1.72. The van der Waals surface area contributed by atoms with Gasteiger partial charge in [0.15, 0.2) is 11.6 Å². The summed E-state index contributed by atoms with van der Waals surface area (Å²) in [5.74, 6) is 1.09. The van der Waals surface area contributed by atoms with Crippen LogP contribution < -0.4 is 11.3 Å². The second kappa shape index (κ2) is 3.14. The van der Waals surface area contributed by atoms with Crippen LogP contribution in [0.1, 0.15) is 5.69 Å². The van der Waals surface area contributed by atoms with Crippen molar-refractivity contribution in [3.05, 3.63) is 22.1 Å². The molecule has 0 aromatic carbocycles. The second-order valence-electron chi connectivity index (χ2n) is 3.49. The van der Waals surface area contributed by atoms with Gasteiger partial charge in [-0.1, -0.05) is 0 Å². The van der Waals surface area contributed by atoms with Crippen LogP contribution >= 0.6 is 0 Å². The van der Waals surface area contributed by atoms with Crippen LogP contribution in [0.25, 0.3) is 17.4 Å². The highest BCUT2D eigenvalue weighted by Gasteiger charge is 2.11. The number of nitrogens with two attached hydrogens (primary N) is 1. The number of nitrogens with zero attached hydrogens (tertiary/aromatic N) is 5. The molecule has 86 valence electrons. The number of fused-ring (bicyclic) bond motifs is 1. The summed E-state index contributed by atoms with van der Waals surface area (Å²) in [5.41, 5.74) is 5.75. The fourth-order valence-electron chi connectivity index (χ4n) is 1.48. The van der Waals surface area contributed by atoms with Gasteiger partial charge in [-0.2, -0.15) is 14.5 Å². The number of hydrogen-bond acceptors (Lipinski definition) is 6. The van der Waals surface area contributed by atoms with Crippen LogP contribution in [0.15, 0.2) is 10.9 Å². The third-order valence-electron chi connectivity index (χ3n) is 2.19. The summed E-state index contributed by atoms with van der Waals surface area (Å²) < 4.78 is 1.22. The molecular formula is C8H8N8O. The van der Waals surface area contributed by atoms with E-state index in [1.807, 2.05) is 0 Å². The largest absolute Gasteiger partial charge is 0.366 e. The molecule has 3 aromatic rings. The molecule has 3 heterocycles. The predicted octanol–water partition coefficient (Wildman–Crippen LogP) is -0.907. The molecule has 0 radical (unpaired) electrons. The van der Waals surface area contributed by atoms with Gasteiger partial charge in [0.05, 0.1) is 0 Å². The Bertz CT molecular complexity index is 750. The van der Waals surface area contributed by atoms with Crippen LogP contribution in [0.5, 0.6) is 0 Å². The lowest BCUT2D eigenvalue weighted by molar-refractivity contribution is 0.888. The maximum Gasteiger partial charge on any atom is 0.274 e. The molecule has 0 saturated carbocycles. The van der Waals surface area contributed by atoms with Gasteiger partial charge >= 0.3 is 0 Å². The molecule has 4 N–H and O–H groups in total. The molecule has 0 aliphatic heterocycles. The van der Waals surface area contributed by atoms with Gasteiger partial charge in [0.2, 0.25) is 5.95 Å². The van der Waals surface area contributed by atoms with Crippen molar-refractivity contribution >= 4 is 11.7 Å². The molecule has 9 nitrogen and oxygen atoms in total. The lowest BCUT2D eigenvalue weighted by Crippen LogP contribution is -2.14. The molecule has 3 aromatic heterocycles. The number of aromatic nitrogens is 7. The number of nitrogen functional groups attached to an aromatic ring is 1. The zero-order valence-corrected chi connectivity index (χ0v) is 8.80. The van der Waals surface area contributed by atoms with Crippen molar-refractivity contribution in [1.29, 1.82) is 0 Å². The molecule has 0 bridgehead atoms. The first-order valence-corrected chi connectivity index (χ1v) is 4.78. The Morgan fingerprint density at radius 2 is 2.12 bits per heavy atom. The topological polar surface area (TPSA) is 131 Å². The van der Waals surface area contributed by atoms with Gasteiger partial charge < -0.3 is 5.73 Å². The normalized spacial score (nSPS) is 11.1. The lowest BCUT2D eigenvalue weighted by Gasteiger charge is -1.90. The Kier molecular flexibility index (Phi) is 1.76. The summed E-state index contributed by atoms with van der Waals surface area (Å²) in [6, 6.07) is 1.41. The van der Waals surface area contributed by atoms with Crippen molar-refractivity contribution in [2.75, 3.05) is 5.73 Å². The second-order valence-corrected chi connectivity index (χ2v) is 3.49. The Morgan fingerprint density at radius 1 is 1.29 bits per heavy atom. The van der Waals surface area contributed by atoms with Gasteiger partial charge in [-0.3, -0.25) is 15.0 Å². The van der Waals surface area contributed by atoms with Crippen LogP contribution in [0.2, 0.25) is 0 Å². The molecular weight excluding hydrogens is 224 g/mol. The minimum Gasteiger partial charge on any atom is -0.366 e. The van der Waals surface area contributed by atoms with E-state index in [-0.39, 0.29) is 17.3 Å². The van der Waals surface area contributed by atoms with E-state index in [4.69, 9.17) is 5.73 Å². The monoisotopic (exact) mass is 232 g/mol. The Morgan fingerprint density at radius 3 is 2.82 bits per heavy atom. The Balaban J connectivity index is 2.27. The summed E-state index contributed by atoms with van der Waals surface area (Å²) in [5, 5.41) is 9.03. The fourth-order valence-corrected chi connectivity index (χ4v) is 1.48. The van der Waals surface area contributed by atoms with Crippen molar-refractivity contribution in [3.63, 3.8) is 0 Å². The average Bonchev–Trinajstić information content (AvgIpc) is 2.83. The number of aryl methyl sites for hydroxylation is 1. The highest BCUT2D eigenvalue weighted by molar-refractivity contribution is 5.48. The van der Waals surface area contributed by atoms with Gasteiger partial charge in [-0.15, -0.1) is 5.10 Å². The van der Waals surface area contributed by atoms with Gasteiger partial charge in [0, 0.05) is 11.8 Å². The molecule has 0 spiro atoms.